The summed E-state index contributed by atoms with van der Waals surface area (Å²) in [5.74, 6) is 0. The highest BCUT2D eigenvalue weighted by atomic mass is 35.5. The third-order valence-corrected chi connectivity index (χ3v) is 5.47. The van der Waals surface area contributed by atoms with Gasteiger partial charge in [-0.25, -0.2) is 4.79 Å². The van der Waals surface area contributed by atoms with Crippen molar-refractivity contribution >= 4 is 29.0 Å². The summed E-state index contributed by atoms with van der Waals surface area (Å²) in [6.07, 6.45) is 0.920. The summed E-state index contributed by atoms with van der Waals surface area (Å²) in [6.45, 7) is 5.72. The maximum absolute atomic E-state index is 13.0. The molecule has 1 saturated heterocycles. The Morgan fingerprint density at radius 1 is 1.07 bits per heavy atom. The molecule has 0 aliphatic carbocycles. The molecular weight excluding hydrogens is 400 g/mol. The molecule has 0 saturated carbocycles. The largest absolute Gasteiger partial charge is 0.379 e. The third kappa shape index (κ3) is 6.90. The lowest BCUT2D eigenvalue weighted by atomic mass is 10.2. The molecule has 0 aromatic heterocycles. The summed E-state index contributed by atoms with van der Waals surface area (Å²) >= 11 is 5.96. The van der Waals surface area contributed by atoms with Crippen LogP contribution in [-0.4, -0.2) is 69.3 Å². The predicted octanol–water partition coefficient (Wildman–Crippen LogP) is 4.16. The number of halogens is 1. The fourth-order valence-electron chi connectivity index (χ4n) is 3.42. The van der Waals surface area contributed by atoms with E-state index in [1.807, 2.05) is 31.1 Å². The molecule has 7 heteroatoms. The smallest absolute Gasteiger partial charge is 0.322 e. The summed E-state index contributed by atoms with van der Waals surface area (Å²) in [6, 6.07) is 15.4. The van der Waals surface area contributed by atoms with Crippen LogP contribution in [0.25, 0.3) is 0 Å². The van der Waals surface area contributed by atoms with E-state index in [4.69, 9.17) is 16.3 Å². The maximum atomic E-state index is 13.0. The van der Waals surface area contributed by atoms with Gasteiger partial charge in [0, 0.05) is 63.2 Å². The fourth-order valence-corrected chi connectivity index (χ4v) is 3.54. The average molecular weight is 431 g/mol. The first-order valence-electron chi connectivity index (χ1n) is 10.4. The van der Waals surface area contributed by atoms with Crippen LogP contribution in [0.2, 0.25) is 5.02 Å². The molecule has 0 unspecified atom stereocenters. The minimum atomic E-state index is -0.101. The summed E-state index contributed by atoms with van der Waals surface area (Å²) in [4.78, 5) is 19.3. The van der Waals surface area contributed by atoms with E-state index in [0.29, 0.717) is 18.1 Å². The van der Waals surface area contributed by atoms with Crippen molar-refractivity contribution in [2.75, 3.05) is 63.7 Å². The molecule has 2 aromatic carbocycles. The molecule has 162 valence electrons. The van der Waals surface area contributed by atoms with Gasteiger partial charge in [0.05, 0.1) is 13.2 Å². The number of amides is 2. The lowest BCUT2D eigenvalue weighted by Crippen LogP contribution is -2.40. The van der Waals surface area contributed by atoms with E-state index < -0.39 is 0 Å². The zero-order chi connectivity index (χ0) is 21.3. The van der Waals surface area contributed by atoms with Crippen molar-refractivity contribution in [2.24, 2.45) is 0 Å². The Labute approximate surface area is 184 Å². The first-order valence-corrected chi connectivity index (χ1v) is 10.8. The number of carbonyl (C=O) groups excluding carboxylic acids is 1. The Bertz CT molecular complexity index is 790. The first-order chi connectivity index (χ1) is 14.5. The number of ether oxygens (including phenoxy) is 1. The van der Waals surface area contributed by atoms with Gasteiger partial charge in [-0.05, 0) is 48.4 Å². The number of nitrogens with one attached hydrogen (secondary N) is 1. The zero-order valence-corrected chi connectivity index (χ0v) is 18.6. The van der Waals surface area contributed by atoms with Crippen molar-refractivity contribution in [3.05, 3.63) is 59.1 Å². The van der Waals surface area contributed by atoms with Crippen molar-refractivity contribution < 1.29 is 9.53 Å². The van der Waals surface area contributed by atoms with Gasteiger partial charge >= 0.3 is 6.03 Å². The second-order valence-electron chi connectivity index (χ2n) is 7.73. The lowest BCUT2D eigenvalue weighted by Gasteiger charge is -2.28. The van der Waals surface area contributed by atoms with Crippen molar-refractivity contribution in [3.8, 4) is 0 Å². The summed E-state index contributed by atoms with van der Waals surface area (Å²) < 4.78 is 5.42. The van der Waals surface area contributed by atoms with E-state index >= 15 is 0 Å². The monoisotopic (exact) mass is 430 g/mol. The number of carbonyl (C=O) groups is 1. The molecule has 30 heavy (non-hydrogen) atoms. The number of rotatable bonds is 8. The van der Waals surface area contributed by atoms with Gasteiger partial charge in [0.1, 0.15) is 0 Å². The van der Waals surface area contributed by atoms with E-state index in [2.05, 4.69) is 39.4 Å². The molecule has 1 aliphatic rings. The van der Waals surface area contributed by atoms with Gasteiger partial charge in [-0.15, -0.1) is 0 Å². The van der Waals surface area contributed by atoms with Gasteiger partial charge in [-0.2, -0.15) is 0 Å². The highest BCUT2D eigenvalue weighted by Crippen LogP contribution is 2.17. The first kappa shape index (κ1) is 22.4. The van der Waals surface area contributed by atoms with Crippen molar-refractivity contribution in [1.82, 2.24) is 9.80 Å². The van der Waals surface area contributed by atoms with Crippen LogP contribution in [0.5, 0.6) is 0 Å². The van der Waals surface area contributed by atoms with E-state index in [1.54, 1.807) is 12.1 Å². The molecule has 0 spiro atoms. The van der Waals surface area contributed by atoms with Gasteiger partial charge in [0.25, 0.3) is 0 Å². The minimum Gasteiger partial charge on any atom is -0.379 e. The van der Waals surface area contributed by atoms with E-state index in [1.165, 1.54) is 0 Å². The Kier molecular flexibility index (Phi) is 8.37. The quantitative estimate of drug-likeness (QED) is 0.683. The molecule has 0 radical (unpaired) electrons. The molecule has 3 rings (SSSR count). The Balaban J connectivity index is 1.63. The molecule has 1 aliphatic heterocycles. The number of anilines is 2. The number of hydrogen-bond acceptors (Lipinski definition) is 4. The van der Waals surface area contributed by atoms with Crippen LogP contribution in [0.15, 0.2) is 48.5 Å². The predicted molar refractivity (Wildman–Crippen MR) is 124 cm³/mol. The zero-order valence-electron chi connectivity index (χ0n) is 17.8. The van der Waals surface area contributed by atoms with Gasteiger partial charge in [0.2, 0.25) is 0 Å². The minimum absolute atomic E-state index is 0.101. The van der Waals surface area contributed by atoms with Gasteiger partial charge in [-0.1, -0.05) is 23.7 Å². The standard InChI is InChI=1S/C23H31ClN4O2/c1-26(2)22-10-4-19(5-11-22)18-28(13-3-12-27-14-16-30-17-15-27)23(29)25-21-8-6-20(24)7-9-21/h4-11H,3,12-18H2,1-2H3,(H,25,29). The Morgan fingerprint density at radius 3 is 2.37 bits per heavy atom. The second kappa shape index (κ2) is 11.2. The number of benzene rings is 2. The van der Waals surface area contributed by atoms with Crippen LogP contribution in [0, 0.1) is 0 Å². The van der Waals surface area contributed by atoms with E-state index in [0.717, 1.165) is 56.2 Å². The normalized spacial score (nSPS) is 14.4. The highest BCUT2D eigenvalue weighted by molar-refractivity contribution is 6.30. The Morgan fingerprint density at radius 2 is 1.73 bits per heavy atom. The molecule has 1 fully saturated rings. The van der Waals surface area contributed by atoms with Crippen LogP contribution in [0.4, 0.5) is 16.2 Å². The number of hydrogen-bond donors (Lipinski definition) is 1. The number of morpholine rings is 1. The lowest BCUT2D eigenvalue weighted by molar-refractivity contribution is 0.0365. The number of urea groups is 1. The topological polar surface area (TPSA) is 48.1 Å². The molecule has 2 amide bonds. The van der Waals surface area contributed by atoms with Crippen LogP contribution in [0.1, 0.15) is 12.0 Å². The van der Waals surface area contributed by atoms with Crippen molar-refractivity contribution in [3.63, 3.8) is 0 Å². The molecule has 1 N–H and O–H groups in total. The molecule has 2 aromatic rings. The fraction of sp³-hybridized carbons (Fsp3) is 0.435. The van der Waals surface area contributed by atoms with Gasteiger partial charge in [0.15, 0.2) is 0 Å². The van der Waals surface area contributed by atoms with Gasteiger partial charge in [-0.3, -0.25) is 4.90 Å². The van der Waals surface area contributed by atoms with Crippen LogP contribution in [0.3, 0.4) is 0 Å². The second-order valence-corrected chi connectivity index (χ2v) is 8.16. The van der Waals surface area contributed by atoms with Crippen molar-refractivity contribution in [2.45, 2.75) is 13.0 Å². The van der Waals surface area contributed by atoms with Crippen LogP contribution >= 0.6 is 11.6 Å². The van der Waals surface area contributed by atoms with Gasteiger partial charge < -0.3 is 19.9 Å². The summed E-state index contributed by atoms with van der Waals surface area (Å²) in [5, 5.41) is 3.64. The highest BCUT2D eigenvalue weighted by Gasteiger charge is 2.16. The van der Waals surface area contributed by atoms with E-state index in [-0.39, 0.29) is 6.03 Å². The van der Waals surface area contributed by atoms with Crippen molar-refractivity contribution in [1.29, 1.82) is 0 Å². The van der Waals surface area contributed by atoms with Crippen LogP contribution < -0.4 is 10.2 Å². The Hall–Kier alpha value is -2.28. The number of nitrogens with zero attached hydrogens (tertiary/aromatic N) is 3. The molecule has 6 nitrogen and oxygen atoms in total. The SMILES string of the molecule is CN(C)c1ccc(CN(CCCN2CCOCC2)C(=O)Nc2ccc(Cl)cc2)cc1. The molecule has 1 heterocycles. The average Bonchev–Trinajstić information content (AvgIpc) is 2.75. The molecule has 0 bridgehead atoms. The van der Waals surface area contributed by atoms with Crippen LogP contribution in [-0.2, 0) is 11.3 Å². The summed E-state index contributed by atoms with van der Waals surface area (Å²) in [7, 11) is 4.04. The maximum Gasteiger partial charge on any atom is 0.322 e. The molecule has 0 atom stereocenters. The van der Waals surface area contributed by atoms with E-state index in [9.17, 15) is 4.79 Å². The summed E-state index contributed by atoms with van der Waals surface area (Å²) in [5.41, 5.74) is 2.99. The third-order valence-electron chi connectivity index (χ3n) is 5.21. The molecular formula is C23H31ClN4O2.